The van der Waals surface area contributed by atoms with Gasteiger partial charge in [-0.25, -0.2) is 8.96 Å². The maximum atomic E-state index is 11.6. The van der Waals surface area contributed by atoms with E-state index in [0.717, 1.165) is 10.3 Å². The Balaban J connectivity index is 2.67. The third kappa shape index (κ3) is 2.08. The molecule has 0 unspecified atom stereocenters. The van der Waals surface area contributed by atoms with Gasteiger partial charge in [-0.2, -0.15) is 8.42 Å². The van der Waals surface area contributed by atoms with Crippen LogP contribution < -0.4 is 10.7 Å². The molecule has 8 nitrogen and oxygen atoms in total. The fourth-order valence-electron chi connectivity index (χ4n) is 1.54. The summed E-state index contributed by atoms with van der Waals surface area (Å²) >= 11 is 0. The molecule has 9 heteroatoms. The van der Waals surface area contributed by atoms with Crippen LogP contribution in [-0.2, 0) is 14.9 Å². The summed E-state index contributed by atoms with van der Waals surface area (Å²) in [6.45, 7) is 0. The minimum atomic E-state index is -4.10. The molecule has 0 N–H and O–H groups in total. The molecule has 0 atom stereocenters. The molecule has 0 radical (unpaired) electrons. The van der Waals surface area contributed by atoms with Crippen LogP contribution in [-0.4, -0.2) is 24.5 Å². The average Bonchev–Trinajstić information content (AvgIpc) is 2.63. The minimum Gasteiger partial charge on any atom is -0.501 e. The molecule has 1 aromatic rings. The molecule has 1 aromatic heterocycles. The van der Waals surface area contributed by atoms with E-state index in [1.807, 2.05) is 0 Å². The highest BCUT2D eigenvalue weighted by Crippen LogP contribution is 2.05. The molecule has 0 saturated heterocycles. The first kappa shape index (κ1) is 12.2. The Morgan fingerprint density at radius 3 is 3.00 bits per heavy atom. The zero-order valence-electron chi connectivity index (χ0n) is 9.39. The number of hydrogen-bond donors (Lipinski definition) is 0. The fourth-order valence-corrected chi connectivity index (χ4v) is 2.29. The Hall–Kier alpha value is -2.25. The van der Waals surface area contributed by atoms with Gasteiger partial charge in [-0.1, -0.05) is 0 Å². The normalized spacial score (nSPS) is 14.2. The molecule has 0 fully saturated rings. The predicted molar refractivity (Wildman–Crippen MR) is 63.6 cm³/mol. The molecule has 94 valence electrons. The number of hydrogen-bond acceptors (Lipinski definition) is 4. The van der Waals surface area contributed by atoms with Crippen molar-refractivity contribution < 1.29 is 13.2 Å². The van der Waals surface area contributed by atoms with E-state index in [1.165, 1.54) is 7.11 Å². The number of methoxy groups -OCH3 is 1. The van der Waals surface area contributed by atoms with E-state index in [2.05, 4.69) is 14.4 Å². The van der Waals surface area contributed by atoms with Crippen molar-refractivity contribution >= 4 is 22.4 Å². The smallest absolute Gasteiger partial charge is 0.329 e. The van der Waals surface area contributed by atoms with Gasteiger partial charge in [0.05, 0.1) is 28.1 Å². The zero-order valence-corrected chi connectivity index (χ0v) is 10.2. The molecule has 0 amide bonds. The van der Waals surface area contributed by atoms with E-state index in [-0.39, 0.29) is 0 Å². The van der Waals surface area contributed by atoms with Crippen molar-refractivity contribution in [3.63, 3.8) is 0 Å². The largest absolute Gasteiger partial charge is 0.501 e. The SMILES string of the molecule is COC1=CC=c2ncn(S(=O)(=O)N=[N+]=[N-])c2=CC1. The third-order valence-corrected chi connectivity index (χ3v) is 3.44. The molecule has 0 spiro atoms. The molecule has 2 rings (SSSR count). The number of imidazole rings is 1. The summed E-state index contributed by atoms with van der Waals surface area (Å²) in [7, 11) is -2.57. The molecule has 1 heterocycles. The predicted octanol–water partition coefficient (Wildman–Crippen LogP) is -0.219. The molecule has 0 aliphatic heterocycles. The Morgan fingerprint density at radius 1 is 1.56 bits per heavy atom. The number of aromatic nitrogens is 2. The molecule has 18 heavy (non-hydrogen) atoms. The van der Waals surface area contributed by atoms with Crippen LogP contribution in [0.1, 0.15) is 6.42 Å². The van der Waals surface area contributed by atoms with Crippen molar-refractivity contribution in [1.82, 2.24) is 8.96 Å². The van der Waals surface area contributed by atoms with Crippen LogP contribution in [0.3, 0.4) is 0 Å². The molecule has 1 aliphatic rings. The van der Waals surface area contributed by atoms with Gasteiger partial charge >= 0.3 is 10.2 Å². The van der Waals surface area contributed by atoms with Gasteiger partial charge in [0.15, 0.2) is 0 Å². The summed E-state index contributed by atoms with van der Waals surface area (Å²) in [5.41, 5.74) is 8.24. The third-order valence-electron chi connectivity index (χ3n) is 2.38. The van der Waals surface area contributed by atoms with Crippen molar-refractivity contribution in [3.8, 4) is 0 Å². The Labute approximate surface area is 102 Å². The standard InChI is InChI=1S/C9H9N5O3S/c1-17-7-2-4-8-9(5-3-7)14(6-11-8)18(15,16)13-12-10/h2,4-6H,3H2,1H3. The minimum absolute atomic E-state index is 0.353. The summed E-state index contributed by atoms with van der Waals surface area (Å²) in [5.74, 6) is 0.681. The van der Waals surface area contributed by atoms with E-state index in [1.54, 1.807) is 18.2 Å². The lowest BCUT2D eigenvalue weighted by molar-refractivity contribution is 0.287. The quantitative estimate of drug-likeness (QED) is 0.428. The lowest BCUT2D eigenvalue weighted by Crippen LogP contribution is -2.32. The van der Waals surface area contributed by atoms with Crippen LogP contribution in [0.4, 0.5) is 0 Å². The van der Waals surface area contributed by atoms with Gasteiger partial charge in [0, 0.05) is 11.3 Å². The number of allylic oxidation sites excluding steroid dienone is 2. The van der Waals surface area contributed by atoms with Crippen LogP contribution in [0.5, 0.6) is 0 Å². The zero-order chi connectivity index (χ0) is 13.2. The van der Waals surface area contributed by atoms with Crippen LogP contribution in [0, 0.1) is 0 Å². The summed E-state index contributed by atoms with van der Waals surface area (Å²) in [5, 5.41) is 0.824. The molecule has 0 aromatic carbocycles. The van der Waals surface area contributed by atoms with E-state index in [9.17, 15) is 8.42 Å². The Kier molecular flexibility index (Phi) is 3.09. The topological polar surface area (TPSA) is 110 Å². The van der Waals surface area contributed by atoms with Gasteiger partial charge in [0.25, 0.3) is 0 Å². The van der Waals surface area contributed by atoms with E-state index >= 15 is 0 Å². The van der Waals surface area contributed by atoms with Gasteiger partial charge in [0.1, 0.15) is 6.33 Å². The number of rotatable bonds is 3. The van der Waals surface area contributed by atoms with Gasteiger partial charge in [-0.15, -0.1) is 0 Å². The van der Waals surface area contributed by atoms with E-state index in [4.69, 9.17) is 10.3 Å². The molecule has 1 aliphatic carbocycles. The van der Waals surface area contributed by atoms with Crippen LogP contribution >= 0.6 is 0 Å². The number of nitrogens with zero attached hydrogens (tertiary/aromatic N) is 5. The van der Waals surface area contributed by atoms with Crippen molar-refractivity contribution in [1.29, 1.82) is 0 Å². The van der Waals surface area contributed by atoms with Crippen molar-refractivity contribution in [2.45, 2.75) is 6.42 Å². The molecule has 0 saturated carbocycles. The molecule has 0 bridgehead atoms. The lowest BCUT2D eigenvalue weighted by atomic mass is 10.3. The second-order valence-corrected chi connectivity index (χ2v) is 4.82. The highest BCUT2D eigenvalue weighted by molar-refractivity contribution is 7.88. The second kappa shape index (κ2) is 4.55. The first-order valence-corrected chi connectivity index (χ1v) is 6.28. The number of azide groups is 1. The maximum Gasteiger partial charge on any atom is 0.329 e. The van der Waals surface area contributed by atoms with Gasteiger partial charge in [-0.05, 0) is 23.8 Å². The number of ether oxygens (including phenoxy) is 1. The first-order chi connectivity index (χ1) is 8.58. The molecular formula is C9H9N5O3S. The van der Waals surface area contributed by atoms with Crippen LogP contribution in [0.15, 0.2) is 22.7 Å². The number of fused-ring (bicyclic) bond motifs is 1. The van der Waals surface area contributed by atoms with Crippen LogP contribution in [0.2, 0.25) is 0 Å². The first-order valence-electron chi connectivity index (χ1n) is 4.89. The Morgan fingerprint density at radius 2 is 2.33 bits per heavy atom. The van der Waals surface area contributed by atoms with Crippen LogP contribution in [0.25, 0.3) is 22.6 Å². The maximum absolute atomic E-state index is 11.6. The summed E-state index contributed by atoms with van der Waals surface area (Å²) in [6.07, 6.45) is 6.52. The average molecular weight is 267 g/mol. The van der Waals surface area contributed by atoms with E-state index in [0.29, 0.717) is 22.9 Å². The van der Waals surface area contributed by atoms with Crippen molar-refractivity contribution in [3.05, 3.63) is 39.3 Å². The highest BCUT2D eigenvalue weighted by atomic mass is 32.2. The summed E-state index contributed by atoms with van der Waals surface area (Å²) in [6, 6.07) is 0. The van der Waals surface area contributed by atoms with Crippen molar-refractivity contribution in [2.24, 2.45) is 4.52 Å². The summed E-state index contributed by atoms with van der Waals surface area (Å²) in [4.78, 5) is 6.24. The van der Waals surface area contributed by atoms with E-state index < -0.39 is 10.2 Å². The monoisotopic (exact) mass is 267 g/mol. The lowest BCUT2D eigenvalue weighted by Gasteiger charge is -2.00. The summed E-state index contributed by atoms with van der Waals surface area (Å²) < 4.78 is 32.0. The van der Waals surface area contributed by atoms with Gasteiger partial charge in [0.2, 0.25) is 0 Å². The fraction of sp³-hybridized carbons (Fsp3) is 0.222. The van der Waals surface area contributed by atoms with Gasteiger partial charge in [-0.3, -0.25) is 0 Å². The molecular weight excluding hydrogens is 258 g/mol. The van der Waals surface area contributed by atoms with Gasteiger partial charge < -0.3 is 4.74 Å². The Bertz CT molecular complexity index is 768. The van der Waals surface area contributed by atoms with Crippen molar-refractivity contribution in [2.75, 3.05) is 7.11 Å². The second-order valence-electron chi connectivity index (χ2n) is 3.37. The highest BCUT2D eigenvalue weighted by Gasteiger charge is 2.13.